The summed E-state index contributed by atoms with van der Waals surface area (Å²) in [4.78, 5) is 25.9. The lowest BCUT2D eigenvalue weighted by Crippen LogP contribution is -2.43. The van der Waals surface area contributed by atoms with Gasteiger partial charge < -0.3 is 19.1 Å². The first-order chi connectivity index (χ1) is 16.5. The second-order valence-corrected chi connectivity index (χ2v) is 9.03. The molecule has 2 aliphatic rings. The number of nitro groups is 1. The summed E-state index contributed by atoms with van der Waals surface area (Å²) in [5, 5.41) is 10.9. The van der Waals surface area contributed by atoms with E-state index in [9.17, 15) is 14.9 Å². The van der Waals surface area contributed by atoms with Gasteiger partial charge in [0.2, 0.25) is 5.91 Å². The fraction of sp³-hybridized carbons (Fsp3) is 0.500. The highest BCUT2D eigenvalue weighted by Gasteiger charge is 2.34. The third-order valence-corrected chi connectivity index (χ3v) is 6.97. The summed E-state index contributed by atoms with van der Waals surface area (Å²) in [7, 11) is 3.21. The second-order valence-electron chi connectivity index (χ2n) is 9.03. The molecule has 0 aromatic heterocycles. The van der Waals surface area contributed by atoms with Crippen LogP contribution in [0.1, 0.15) is 55.7 Å². The number of nitro benzene ring substituents is 1. The largest absolute Gasteiger partial charge is 0.493 e. The SMILES string of the molecule is COc1cc2c(cc1OC)[C@@H](COc1ccc([N+](=O)[O-])cc1)N(C(=O)CC1CCCCC1)CC2. The summed E-state index contributed by atoms with van der Waals surface area (Å²) < 4.78 is 17.1. The molecule has 182 valence electrons. The Labute approximate surface area is 200 Å². The van der Waals surface area contributed by atoms with Crippen LogP contribution in [0.15, 0.2) is 36.4 Å². The summed E-state index contributed by atoms with van der Waals surface area (Å²) in [5.41, 5.74) is 2.11. The topological polar surface area (TPSA) is 91.1 Å². The molecule has 34 heavy (non-hydrogen) atoms. The maximum atomic E-state index is 13.4. The van der Waals surface area contributed by atoms with Gasteiger partial charge in [-0.25, -0.2) is 0 Å². The van der Waals surface area contributed by atoms with Crippen molar-refractivity contribution in [2.24, 2.45) is 5.92 Å². The third-order valence-electron chi connectivity index (χ3n) is 6.97. The van der Waals surface area contributed by atoms with Crippen LogP contribution in [0.4, 0.5) is 5.69 Å². The van der Waals surface area contributed by atoms with E-state index in [0.717, 1.165) is 30.4 Å². The standard InChI is InChI=1S/C26H32N2O6/c1-32-24-15-19-12-13-27(26(29)14-18-6-4-3-5-7-18)23(22(19)16-25(24)33-2)17-34-21-10-8-20(9-11-21)28(30)31/h8-11,15-16,18,23H,3-7,12-14,17H2,1-2H3/t23-/m1/s1. The molecule has 0 radical (unpaired) electrons. The third kappa shape index (κ3) is 5.26. The average molecular weight is 469 g/mol. The maximum Gasteiger partial charge on any atom is 0.269 e. The molecule has 1 fully saturated rings. The zero-order valence-corrected chi connectivity index (χ0v) is 19.8. The number of hydrogen-bond acceptors (Lipinski definition) is 6. The normalized spacial score (nSPS) is 18.2. The molecule has 4 rings (SSSR count). The van der Waals surface area contributed by atoms with Gasteiger partial charge in [-0.1, -0.05) is 19.3 Å². The summed E-state index contributed by atoms with van der Waals surface area (Å²) in [6, 6.07) is 9.66. The lowest BCUT2D eigenvalue weighted by Gasteiger charge is -2.38. The number of ether oxygens (including phenoxy) is 3. The van der Waals surface area contributed by atoms with Gasteiger partial charge in [0.15, 0.2) is 11.5 Å². The van der Waals surface area contributed by atoms with Gasteiger partial charge >= 0.3 is 0 Å². The summed E-state index contributed by atoms with van der Waals surface area (Å²) in [6.07, 6.45) is 7.19. The molecule has 1 aliphatic heterocycles. The number of hydrogen-bond donors (Lipinski definition) is 0. The number of fused-ring (bicyclic) bond motifs is 1. The average Bonchev–Trinajstić information content (AvgIpc) is 2.87. The molecule has 0 unspecified atom stereocenters. The minimum atomic E-state index is -0.438. The van der Waals surface area contributed by atoms with Crippen molar-refractivity contribution >= 4 is 11.6 Å². The van der Waals surface area contributed by atoms with E-state index in [2.05, 4.69) is 0 Å². The first-order valence-corrected chi connectivity index (χ1v) is 11.9. The summed E-state index contributed by atoms with van der Waals surface area (Å²) in [6.45, 7) is 0.860. The van der Waals surface area contributed by atoms with E-state index in [1.807, 2.05) is 17.0 Å². The van der Waals surface area contributed by atoms with Crippen molar-refractivity contribution < 1.29 is 23.9 Å². The Morgan fingerprint density at radius 1 is 1.06 bits per heavy atom. The smallest absolute Gasteiger partial charge is 0.269 e. The molecule has 2 aromatic rings. The van der Waals surface area contributed by atoms with Crippen LogP contribution in [0, 0.1) is 16.0 Å². The van der Waals surface area contributed by atoms with Crippen molar-refractivity contribution in [1.29, 1.82) is 0 Å². The molecule has 0 bridgehead atoms. The minimum absolute atomic E-state index is 0.0106. The van der Waals surface area contributed by atoms with Crippen LogP contribution in [0.2, 0.25) is 0 Å². The van der Waals surface area contributed by atoms with Crippen molar-refractivity contribution in [3.8, 4) is 17.2 Å². The van der Waals surface area contributed by atoms with Gasteiger partial charge in [0, 0.05) is 25.1 Å². The van der Waals surface area contributed by atoms with Crippen LogP contribution in [0.5, 0.6) is 17.2 Å². The quantitative estimate of drug-likeness (QED) is 0.396. The number of carbonyl (C=O) groups excluding carboxylic acids is 1. The van der Waals surface area contributed by atoms with Gasteiger partial charge in [0.1, 0.15) is 12.4 Å². The predicted molar refractivity (Wildman–Crippen MR) is 127 cm³/mol. The molecular formula is C26H32N2O6. The maximum absolute atomic E-state index is 13.4. The van der Waals surface area contributed by atoms with Crippen LogP contribution >= 0.6 is 0 Å². The van der Waals surface area contributed by atoms with E-state index in [4.69, 9.17) is 14.2 Å². The summed E-state index contributed by atoms with van der Waals surface area (Å²) in [5.74, 6) is 2.41. The lowest BCUT2D eigenvalue weighted by atomic mass is 9.85. The molecule has 0 N–H and O–H groups in total. The molecule has 8 heteroatoms. The Morgan fingerprint density at radius 3 is 2.38 bits per heavy atom. The van der Waals surface area contributed by atoms with Crippen molar-refractivity contribution in [3.05, 3.63) is 57.6 Å². The Bertz CT molecular complexity index is 1020. The number of benzene rings is 2. The van der Waals surface area contributed by atoms with Crippen molar-refractivity contribution in [2.45, 2.75) is 51.0 Å². The van der Waals surface area contributed by atoms with E-state index < -0.39 is 4.92 Å². The van der Waals surface area contributed by atoms with Gasteiger partial charge in [0.25, 0.3) is 5.69 Å². The van der Waals surface area contributed by atoms with Gasteiger partial charge in [-0.2, -0.15) is 0 Å². The van der Waals surface area contributed by atoms with Crippen LogP contribution in [-0.4, -0.2) is 43.1 Å². The molecule has 0 saturated heterocycles. The Balaban J connectivity index is 1.59. The highest BCUT2D eigenvalue weighted by atomic mass is 16.6. The highest BCUT2D eigenvalue weighted by Crippen LogP contribution is 2.39. The number of carbonyl (C=O) groups is 1. The van der Waals surface area contributed by atoms with Crippen LogP contribution in [0.25, 0.3) is 0 Å². The Hall–Kier alpha value is -3.29. The molecular weight excluding hydrogens is 436 g/mol. The van der Waals surface area contributed by atoms with E-state index in [1.54, 1.807) is 26.4 Å². The lowest BCUT2D eigenvalue weighted by molar-refractivity contribution is -0.384. The zero-order chi connectivity index (χ0) is 24.1. The monoisotopic (exact) mass is 468 g/mol. The van der Waals surface area contributed by atoms with E-state index in [1.165, 1.54) is 31.4 Å². The molecule has 1 aliphatic carbocycles. The van der Waals surface area contributed by atoms with Gasteiger partial charge in [-0.3, -0.25) is 14.9 Å². The number of rotatable bonds is 8. The van der Waals surface area contributed by atoms with E-state index in [-0.39, 0.29) is 24.2 Å². The summed E-state index contributed by atoms with van der Waals surface area (Å²) >= 11 is 0. The second kappa shape index (κ2) is 10.8. The van der Waals surface area contributed by atoms with Gasteiger partial charge in [-0.05, 0) is 60.6 Å². The van der Waals surface area contributed by atoms with Crippen molar-refractivity contribution in [3.63, 3.8) is 0 Å². The molecule has 2 aromatic carbocycles. The predicted octanol–water partition coefficient (Wildman–Crippen LogP) is 5.09. The first-order valence-electron chi connectivity index (χ1n) is 11.9. The fourth-order valence-electron chi connectivity index (χ4n) is 5.10. The van der Waals surface area contributed by atoms with Crippen molar-refractivity contribution in [1.82, 2.24) is 4.90 Å². The first kappa shape index (κ1) is 23.9. The number of nitrogens with zero attached hydrogens (tertiary/aromatic N) is 2. The number of methoxy groups -OCH3 is 2. The van der Waals surface area contributed by atoms with E-state index >= 15 is 0 Å². The Morgan fingerprint density at radius 2 is 1.74 bits per heavy atom. The molecule has 0 spiro atoms. The molecule has 8 nitrogen and oxygen atoms in total. The number of non-ortho nitro benzene ring substituents is 1. The molecule has 1 atom stereocenters. The van der Waals surface area contributed by atoms with E-state index in [0.29, 0.717) is 36.1 Å². The van der Waals surface area contributed by atoms with Crippen LogP contribution < -0.4 is 14.2 Å². The van der Waals surface area contributed by atoms with Crippen LogP contribution in [-0.2, 0) is 11.2 Å². The number of amides is 1. The fourth-order valence-corrected chi connectivity index (χ4v) is 5.10. The van der Waals surface area contributed by atoms with Gasteiger partial charge in [0.05, 0.1) is 25.2 Å². The zero-order valence-electron chi connectivity index (χ0n) is 19.8. The highest BCUT2D eigenvalue weighted by molar-refractivity contribution is 5.77. The van der Waals surface area contributed by atoms with Crippen molar-refractivity contribution in [2.75, 3.05) is 27.4 Å². The van der Waals surface area contributed by atoms with Gasteiger partial charge in [-0.15, -0.1) is 0 Å². The molecule has 1 saturated carbocycles. The Kier molecular flexibility index (Phi) is 7.55. The molecule has 1 amide bonds. The van der Waals surface area contributed by atoms with Crippen LogP contribution in [0.3, 0.4) is 0 Å². The minimum Gasteiger partial charge on any atom is -0.493 e. The molecule has 1 heterocycles.